The zero-order chi connectivity index (χ0) is 23.2. The van der Waals surface area contributed by atoms with Crippen LogP contribution in [0.2, 0.25) is 0 Å². The van der Waals surface area contributed by atoms with Crippen molar-refractivity contribution in [1.29, 1.82) is 0 Å². The summed E-state index contributed by atoms with van der Waals surface area (Å²) in [5.41, 5.74) is -0.553. The van der Waals surface area contributed by atoms with Gasteiger partial charge in [0.1, 0.15) is 0 Å². The number of carbonyl (C=O) groups excluding carboxylic acids is 1. The molecule has 182 valence electrons. The minimum absolute atomic E-state index is 0.0204. The van der Waals surface area contributed by atoms with E-state index in [0.717, 1.165) is 39.1 Å². The van der Waals surface area contributed by atoms with Crippen molar-refractivity contribution in [3.05, 3.63) is 23.8 Å². The normalized spacial score (nSPS) is 28.8. The van der Waals surface area contributed by atoms with E-state index in [1.165, 1.54) is 36.3 Å². The predicted molar refractivity (Wildman–Crippen MR) is 124 cm³/mol. The van der Waals surface area contributed by atoms with Gasteiger partial charge in [0.25, 0.3) is 0 Å². The third-order valence-electron chi connectivity index (χ3n) is 8.50. The standard InChI is InChI=1S/C25H35F3N4O/c1-18-4-2-3-13-31(18)20-7-14-30(17-20)19-5-6-22(21(16-19)25(26,27)28)32-15-10-24(23(32)33)8-11-29-12-9-24/h5-6,16,18,20,29H,2-4,7-15,17H2,1H3/t18-,20?/m0/s1. The molecule has 5 nitrogen and oxygen atoms in total. The van der Waals surface area contributed by atoms with E-state index in [0.29, 0.717) is 43.6 Å². The molecule has 1 aromatic rings. The fourth-order valence-electron chi connectivity index (χ4n) is 6.51. The van der Waals surface area contributed by atoms with Crippen molar-refractivity contribution >= 4 is 17.3 Å². The average molecular weight is 465 g/mol. The number of anilines is 2. The topological polar surface area (TPSA) is 38.8 Å². The van der Waals surface area contributed by atoms with Crippen LogP contribution in [0.15, 0.2) is 18.2 Å². The first-order valence-electron chi connectivity index (χ1n) is 12.5. The number of hydrogen-bond acceptors (Lipinski definition) is 4. The average Bonchev–Trinajstić information content (AvgIpc) is 3.40. The van der Waals surface area contributed by atoms with Gasteiger partial charge in [-0.1, -0.05) is 6.42 Å². The van der Waals surface area contributed by atoms with Gasteiger partial charge in [-0.3, -0.25) is 9.69 Å². The van der Waals surface area contributed by atoms with E-state index in [1.807, 2.05) is 0 Å². The van der Waals surface area contributed by atoms with Crippen LogP contribution in [-0.2, 0) is 11.0 Å². The molecule has 4 aliphatic heterocycles. The highest BCUT2D eigenvalue weighted by molar-refractivity contribution is 6.00. The third kappa shape index (κ3) is 4.25. The summed E-state index contributed by atoms with van der Waals surface area (Å²) in [4.78, 5) is 19.3. The summed E-state index contributed by atoms with van der Waals surface area (Å²) in [7, 11) is 0. The maximum Gasteiger partial charge on any atom is 0.418 e. The summed E-state index contributed by atoms with van der Waals surface area (Å²) >= 11 is 0. The van der Waals surface area contributed by atoms with E-state index < -0.39 is 17.2 Å². The van der Waals surface area contributed by atoms with Crippen LogP contribution in [0, 0.1) is 5.41 Å². The second-order valence-corrected chi connectivity index (χ2v) is 10.4. The number of nitrogens with one attached hydrogen (secondary N) is 1. The molecule has 8 heteroatoms. The summed E-state index contributed by atoms with van der Waals surface area (Å²) in [5, 5.41) is 3.26. The highest BCUT2D eigenvalue weighted by Gasteiger charge is 2.49. The van der Waals surface area contributed by atoms with Gasteiger partial charge in [0.15, 0.2) is 0 Å². The first-order chi connectivity index (χ1) is 15.8. The van der Waals surface area contributed by atoms with E-state index in [-0.39, 0.29) is 11.6 Å². The van der Waals surface area contributed by atoms with Crippen LogP contribution in [0.3, 0.4) is 0 Å². The van der Waals surface area contributed by atoms with Gasteiger partial charge < -0.3 is 15.1 Å². The molecule has 0 aromatic heterocycles. The Hall–Kier alpha value is -1.80. The van der Waals surface area contributed by atoms with Crippen LogP contribution in [0.1, 0.15) is 57.4 Å². The molecule has 4 heterocycles. The zero-order valence-electron chi connectivity index (χ0n) is 19.5. The molecule has 4 fully saturated rings. The van der Waals surface area contributed by atoms with Crippen molar-refractivity contribution in [3.8, 4) is 0 Å². The van der Waals surface area contributed by atoms with Crippen molar-refractivity contribution < 1.29 is 18.0 Å². The lowest BCUT2D eigenvalue weighted by Crippen LogP contribution is -2.46. The zero-order valence-corrected chi connectivity index (χ0v) is 19.5. The quantitative estimate of drug-likeness (QED) is 0.726. The second kappa shape index (κ2) is 8.77. The maximum absolute atomic E-state index is 14.2. The van der Waals surface area contributed by atoms with Crippen molar-refractivity contribution in [3.63, 3.8) is 0 Å². The molecule has 4 saturated heterocycles. The Bertz CT molecular complexity index is 883. The molecule has 1 amide bonds. The number of carbonyl (C=O) groups is 1. The summed E-state index contributed by atoms with van der Waals surface area (Å²) in [5.74, 6) is -0.137. The Morgan fingerprint density at radius 1 is 1.03 bits per heavy atom. The van der Waals surface area contributed by atoms with Crippen molar-refractivity contribution in [2.75, 3.05) is 49.1 Å². The summed E-state index contributed by atoms with van der Waals surface area (Å²) < 4.78 is 42.5. The molecule has 0 bridgehead atoms. The molecular weight excluding hydrogens is 429 g/mol. The first kappa shape index (κ1) is 23.0. The Balaban J connectivity index is 1.38. The number of piperidine rings is 2. The van der Waals surface area contributed by atoms with Gasteiger partial charge in [0, 0.05) is 37.4 Å². The monoisotopic (exact) mass is 464 g/mol. The summed E-state index contributed by atoms with van der Waals surface area (Å²) in [6.45, 7) is 6.73. The third-order valence-corrected chi connectivity index (χ3v) is 8.50. The Morgan fingerprint density at radius 2 is 1.82 bits per heavy atom. The van der Waals surface area contributed by atoms with Crippen LogP contribution in [0.4, 0.5) is 24.5 Å². The van der Waals surface area contributed by atoms with E-state index >= 15 is 0 Å². The van der Waals surface area contributed by atoms with Gasteiger partial charge in [-0.05, 0) is 83.3 Å². The van der Waals surface area contributed by atoms with Crippen LogP contribution >= 0.6 is 0 Å². The van der Waals surface area contributed by atoms with Gasteiger partial charge in [-0.15, -0.1) is 0 Å². The lowest BCUT2D eigenvalue weighted by atomic mass is 9.77. The van der Waals surface area contributed by atoms with Gasteiger partial charge in [0.2, 0.25) is 5.91 Å². The molecule has 2 atom stereocenters. The highest BCUT2D eigenvalue weighted by Crippen LogP contribution is 2.46. The fourth-order valence-corrected chi connectivity index (χ4v) is 6.51. The molecule has 4 aliphatic rings. The molecule has 1 aromatic carbocycles. The number of likely N-dealkylation sites (tertiary alicyclic amines) is 1. The van der Waals surface area contributed by atoms with Crippen LogP contribution in [0.5, 0.6) is 0 Å². The smallest absolute Gasteiger partial charge is 0.370 e. The molecular formula is C25H35F3N4O. The fraction of sp³-hybridized carbons (Fsp3) is 0.720. The lowest BCUT2D eigenvalue weighted by molar-refractivity contribution is -0.137. The summed E-state index contributed by atoms with van der Waals surface area (Å²) in [6.07, 6.45) is 2.17. The van der Waals surface area contributed by atoms with Crippen molar-refractivity contribution in [2.45, 2.75) is 70.1 Å². The minimum Gasteiger partial charge on any atom is -0.370 e. The van der Waals surface area contributed by atoms with E-state index in [2.05, 4.69) is 22.0 Å². The van der Waals surface area contributed by atoms with Gasteiger partial charge in [0.05, 0.1) is 16.7 Å². The Labute approximate surface area is 194 Å². The summed E-state index contributed by atoms with van der Waals surface area (Å²) in [6, 6.07) is 5.53. The van der Waals surface area contributed by atoms with Gasteiger partial charge in [-0.25, -0.2) is 0 Å². The Kier molecular flexibility index (Phi) is 6.10. The van der Waals surface area contributed by atoms with E-state index in [9.17, 15) is 18.0 Å². The number of nitrogens with zero attached hydrogens (tertiary/aromatic N) is 3. The number of rotatable bonds is 3. The number of halogens is 3. The highest BCUT2D eigenvalue weighted by atomic mass is 19.4. The van der Waals surface area contributed by atoms with Crippen LogP contribution < -0.4 is 15.1 Å². The molecule has 33 heavy (non-hydrogen) atoms. The number of benzene rings is 1. The van der Waals surface area contributed by atoms with Gasteiger partial charge in [-0.2, -0.15) is 13.2 Å². The molecule has 1 unspecified atom stereocenters. The predicted octanol–water partition coefficient (Wildman–Crippen LogP) is 4.27. The number of amides is 1. The van der Waals surface area contributed by atoms with Gasteiger partial charge >= 0.3 is 6.18 Å². The molecule has 1 N–H and O–H groups in total. The first-order valence-corrected chi connectivity index (χ1v) is 12.5. The largest absolute Gasteiger partial charge is 0.418 e. The van der Waals surface area contributed by atoms with Crippen molar-refractivity contribution in [1.82, 2.24) is 10.2 Å². The minimum atomic E-state index is -4.50. The second-order valence-electron chi connectivity index (χ2n) is 10.4. The number of alkyl halides is 3. The van der Waals surface area contributed by atoms with E-state index in [4.69, 9.17) is 0 Å². The molecule has 1 spiro atoms. The van der Waals surface area contributed by atoms with Crippen molar-refractivity contribution in [2.24, 2.45) is 5.41 Å². The lowest BCUT2D eigenvalue weighted by Gasteiger charge is -2.38. The number of hydrogen-bond donors (Lipinski definition) is 1. The molecule has 5 rings (SSSR count). The van der Waals surface area contributed by atoms with Crippen LogP contribution in [-0.4, -0.2) is 62.2 Å². The molecule has 0 radical (unpaired) electrons. The molecule has 0 aliphatic carbocycles. The molecule has 0 saturated carbocycles. The Morgan fingerprint density at radius 3 is 2.55 bits per heavy atom. The maximum atomic E-state index is 14.2. The van der Waals surface area contributed by atoms with Crippen LogP contribution in [0.25, 0.3) is 0 Å². The van der Waals surface area contributed by atoms with E-state index in [1.54, 1.807) is 6.07 Å². The SMILES string of the molecule is C[C@H]1CCCCN1C1CCN(c2ccc(N3CCC4(CCNCC4)C3=O)c(C(F)(F)F)c2)C1.